The van der Waals surface area contributed by atoms with Crippen molar-refractivity contribution in [2.45, 2.75) is 4.90 Å². The Morgan fingerprint density at radius 2 is 1.80 bits per heavy atom. The summed E-state index contributed by atoms with van der Waals surface area (Å²) in [6, 6.07) is 6.95. The highest BCUT2D eigenvalue weighted by atomic mass is 79.9. The summed E-state index contributed by atoms with van der Waals surface area (Å²) in [7, 11) is -3.91. The smallest absolute Gasteiger partial charge is 0.255 e. The van der Waals surface area contributed by atoms with Gasteiger partial charge in [0.05, 0.1) is 5.56 Å². The van der Waals surface area contributed by atoms with Crippen molar-refractivity contribution in [3.8, 4) is 0 Å². The minimum absolute atomic E-state index is 0.115. The third kappa shape index (κ3) is 3.73. The normalized spacial score (nSPS) is 16.0. The second-order valence-electron chi connectivity index (χ2n) is 5.52. The van der Waals surface area contributed by atoms with Crippen molar-refractivity contribution in [2.75, 3.05) is 26.2 Å². The van der Waals surface area contributed by atoms with Gasteiger partial charge in [0.1, 0.15) is 10.7 Å². The lowest BCUT2D eigenvalue weighted by atomic mass is 10.2. The van der Waals surface area contributed by atoms with Crippen molar-refractivity contribution >= 4 is 31.9 Å². The van der Waals surface area contributed by atoms with Crippen LogP contribution in [0.1, 0.15) is 10.4 Å². The third-order valence-electron chi connectivity index (χ3n) is 3.93. The molecule has 0 aliphatic carbocycles. The molecular formula is C16H15BrFN3O3S. The van der Waals surface area contributed by atoms with Crippen LogP contribution in [-0.2, 0) is 10.0 Å². The number of rotatable bonds is 3. The molecule has 2 heterocycles. The summed E-state index contributed by atoms with van der Waals surface area (Å²) >= 11 is 3.27. The van der Waals surface area contributed by atoms with E-state index in [0.717, 1.165) is 6.07 Å². The summed E-state index contributed by atoms with van der Waals surface area (Å²) < 4.78 is 40.8. The third-order valence-corrected chi connectivity index (χ3v) is 6.30. The number of carbonyl (C=O) groups excluding carboxylic acids is 1. The predicted molar refractivity (Wildman–Crippen MR) is 93.0 cm³/mol. The summed E-state index contributed by atoms with van der Waals surface area (Å²) in [6.07, 6.45) is 3.05. The molecular weight excluding hydrogens is 413 g/mol. The van der Waals surface area contributed by atoms with Gasteiger partial charge < -0.3 is 4.90 Å². The van der Waals surface area contributed by atoms with Crippen LogP contribution < -0.4 is 0 Å². The number of benzene rings is 1. The maximum absolute atomic E-state index is 13.8. The van der Waals surface area contributed by atoms with Gasteiger partial charge in [0.15, 0.2) is 0 Å². The molecule has 0 spiro atoms. The number of piperazine rings is 1. The molecule has 1 fully saturated rings. The Morgan fingerprint density at radius 1 is 1.12 bits per heavy atom. The minimum atomic E-state index is -3.91. The summed E-state index contributed by atoms with van der Waals surface area (Å²) in [5.41, 5.74) is 0.430. The zero-order valence-corrected chi connectivity index (χ0v) is 15.5. The van der Waals surface area contributed by atoms with Crippen molar-refractivity contribution in [3.63, 3.8) is 0 Å². The van der Waals surface area contributed by atoms with E-state index in [1.54, 1.807) is 17.2 Å². The average Bonchev–Trinajstić information content (AvgIpc) is 2.61. The lowest BCUT2D eigenvalue weighted by molar-refractivity contribution is 0.0697. The molecule has 1 amide bonds. The number of hydrogen-bond donors (Lipinski definition) is 0. The summed E-state index contributed by atoms with van der Waals surface area (Å²) in [5, 5.41) is 0. The van der Waals surface area contributed by atoms with Crippen LogP contribution >= 0.6 is 15.9 Å². The molecule has 2 aromatic rings. The lowest BCUT2D eigenvalue weighted by Gasteiger charge is -2.34. The number of amides is 1. The molecule has 1 aromatic heterocycles. The maximum atomic E-state index is 13.8. The average molecular weight is 428 g/mol. The standard InChI is InChI=1S/C16H15BrFN3O3S/c17-13-9-12(10-19-11-13)16(22)20-5-7-21(8-6-20)25(23,24)15-4-2-1-3-14(15)18/h1-4,9-11H,5-8H2. The molecule has 6 nitrogen and oxygen atoms in total. The highest BCUT2D eigenvalue weighted by Gasteiger charge is 2.32. The van der Waals surface area contributed by atoms with Gasteiger partial charge in [0, 0.05) is 43.0 Å². The van der Waals surface area contributed by atoms with E-state index in [-0.39, 0.29) is 37.0 Å². The van der Waals surface area contributed by atoms with Crippen LogP contribution in [0.4, 0.5) is 4.39 Å². The fourth-order valence-corrected chi connectivity index (χ4v) is 4.49. The van der Waals surface area contributed by atoms with Gasteiger partial charge >= 0.3 is 0 Å². The van der Waals surface area contributed by atoms with Gasteiger partial charge in [-0.3, -0.25) is 9.78 Å². The molecule has 1 aliphatic rings. The largest absolute Gasteiger partial charge is 0.336 e. The van der Waals surface area contributed by atoms with E-state index in [0.29, 0.717) is 10.0 Å². The Bertz CT molecular complexity index is 899. The number of carbonyl (C=O) groups is 1. The van der Waals surface area contributed by atoms with Gasteiger partial charge in [-0.2, -0.15) is 4.31 Å². The first-order valence-corrected chi connectivity index (χ1v) is 9.77. The first-order chi connectivity index (χ1) is 11.9. The number of aromatic nitrogens is 1. The minimum Gasteiger partial charge on any atom is -0.336 e. The van der Waals surface area contributed by atoms with Crippen molar-refractivity contribution in [3.05, 3.63) is 58.6 Å². The van der Waals surface area contributed by atoms with E-state index in [9.17, 15) is 17.6 Å². The predicted octanol–water partition coefficient (Wildman–Crippen LogP) is 2.13. The Morgan fingerprint density at radius 3 is 2.44 bits per heavy atom. The SMILES string of the molecule is O=C(c1cncc(Br)c1)N1CCN(S(=O)(=O)c2ccccc2F)CC1. The van der Waals surface area contributed by atoms with Crippen LogP contribution in [0, 0.1) is 5.82 Å². The van der Waals surface area contributed by atoms with Gasteiger partial charge in [-0.1, -0.05) is 12.1 Å². The van der Waals surface area contributed by atoms with Gasteiger partial charge in [-0.25, -0.2) is 12.8 Å². The van der Waals surface area contributed by atoms with Crippen molar-refractivity contribution in [1.82, 2.24) is 14.2 Å². The highest BCUT2D eigenvalue weighted by Crippen LogP contribution is 2.21. The number of nitrogens with zero attached hydrogens (tertiary/aromatic N) is 3. The quantitative estimate of drug-likeness (QED) is 0.751. The molecule has 3 rings (SSSR count). The summed E-state index contributed by atoms with van der Waals surface area (Å²) in [4.78, 5) is 17.7. The van der Waals surface area contributed by atoms with Gasteiger partial charge in [0.2, 0.25) is 10.0 Å². The topological polar surface area (TPSA) is 70.6 Å². The second-order valence-corrected chi connectivity index (χ2v) is 8.34. The zero-order valence-electron chi connectivity index (χ0n) is 13.1. The van der Waals surface area contributed by atoms with Crippen LogP contribution in [0.25, 0.3) is 0 Å². The molecule has 1 aromatic carbocycles. The number of pyridine rings is 1. The monoisotopic (exact) mass is 427 g/mol. The Hall–Kier alpha value is -1.84. The molecule has 0 N–H and O–H groups in total. The maximum Gasteiger partial charge on any atom is 0.255 e. The first-order valence-electron chi connectivity index (χ1n) is 7.54. The summed E-state index contributed by atoms with van der Waals surface area (Å²) in [5.74, 6) is -0.988. The van der Waals surface area contributed by atoms with Crippen LogP contribution in [0.2, 0.25) is 0 Å². The number of hydrogen-bond acceptors (Lipinski definition) is 4. The van der Waals surface area contributed by atoms with E-state index < -0.39 is 15.8 Å². The molecule has 0 bridgehead atoms. The molecule has 0 radical (unpaired) electrons. The van der Waals surface area contributed by atoms with Crippen molar-refractivity contribution in [2.24, 2.45) is 0 Å². The van der Waals surface area contributed by atoms with Gasteiger partial charge in [-0.15, -0.1) is 0 Å². The van der Waals surface area contributed by atoms with Crippen LogP contribution in [-0.4, -0.2) is 54.7 Å². The zero-order chi connectivity index (χ0) is 18.0. The van der Waals surface area contributed by atoms with E-state index in [1.165, 1.54) is 28.7 Å². The molecule has 9 heteroatoms. The Labute approximate surface area is 153 Å². The number of sulfonamides is 1. The van der Waals surface area contributed by atoms with Crippen molar-refractivity contribution in [1.29, 1.82) is 0 Å². The molecule has 1 saturated heterocycles. The summed E-state index contributed by atoms with van der Waals surface area (Å²) in [6.45, 7) is 0.700. The Kier molecular flexibility index (Phi) is 5.16. The van der Waals surface area contributed by atoms with Crippen molar-refractivity contribution < 1.29 is 17.6 Å². The van der Waals surface area contributed by atoms with E-state index in [2.05, 4.69) is 20.9 Å². The van der Waals surface area contributed by atoms with Crippen LogP contribution in [0.3, 0.4) is 0 Å². The molecule has 0 unspecified atom stereocenters. The lowest BCUT2D eigenvalue weighted by Crippen LogP contribution is -2.50. The van der Waals surface area contributed by atoms with Gasteiger partial charge in [0.25, 0.3) is 5.91 Å². The Balaban J connectivity index is 1.72. The first kappa shape index (κ1) is 18.0. The molecule has 0 saturated carbocycles. The fourth-order valence-electron chi connectivity index (χ4n) is 2.64. The molecule has 1 aliphatic heterocycles. The number of halogens is 2. The molecule has 132 valence electrons. The van der Waals surface area contributed by atoms with Crippen LogP contribution in [0.15, 0.2) is 52.1 Å². The van der Waals surface area contributed by atoms with Gasteiger partial charge in [-0.05, 0) is 34.1 Å². The van der Waals surface area contributed by atoms with E-state index in [1.807, 2.05) is 0 Å². The second kappa shape index (κ2) is 7.19. The fraction of sp³-hybridized carbons (Fsp3) is 0.250. The van der Waals surface area contributed by atoms with E-state index in [4.69, 9.17) is 0 Å². The molecule has 25 heavy (non-hydrogen) atoms. The van der Waals surface area contributed by atoms with Crippen LogP contribution in [0.5, 0.6) is 0 Å². The molecule has 0 atom stereocenters. The highest BCUT2D eigenvalue weighted by molar-refractivity contribution is 9.10. The van der Waals surface area contributed by atoms with E-state index >= 15 is 0 Å².